The Kier molecular flexibility index (Phi) is 7.67. The normalized spacial score (nSPS) is 13.0. The lowest BCUT2D eigenvalue weighted by Crippen LogP contribution is -2.18. The van der Waals surface area contributed by atoms with Crippen LogP contribution in [0.4, 0.5) is 34.1 Å². The number of aromatic nitrogens is 1. The number of furan rings is 1. The van der Waals surface area contributed by atoms with E-state index in [0.717, 1.165) is 44.7 Å². The molecule has 0 saturated carbocycles. The molecule has 0 saturated heterocycles. The molecule has 0 radical (unpaired) electrons. The highest BCUT2D eigenvalue weighted by Gasteiger charge is 2.39. The average Bonchev–Trinajstić information content (AvgIpc) is 3.90. The Morgan fingerprint density at radius 3 is 1.90 bits per heavy atom. The van der Waals surface area contributed by atoms with Crippen LogP contribution in [0.2, 0.25) is 0 Å². The van der Waals surface area contributed by atoms with E-state index in [0.29, 0.717) is 0 Å². The molecule has 2 aromatic heterocycles. The van der Waals surface area contributed by atoms with E-state index in [1.807, 2.05) is 6.07 Å². The van der Waals surface area contributed by atoms with Crippen LogP contribution in [0.5, 0.6) is 0 Å². The number of rotatable bonds is 6. The van der Waals surface area contributed by atoms with E-state index in [1.54, 1.807) is 0 Å². The Labute approximate surface area is 355 Å². The lowest BCUT2D eigenvalue weighted by Gasteiger charge is -2.31. The van der Waals surface area contributed by atoms with E-state index in [9.17, 15) is 0 Å². The van der Waals surface area contributed by atoms with Gasteiger partial charge in [0, 0.05) is 62.0 Å². The lowest BCUT2D eigenvalue weighted by molar-refractivity contribution is 0.661. The van der Waals surface area contributed by atoms with Gasteiger partial charge in [0.1, 0.15) is 5.58 Å². The Hall–Kier alpha value is -7.56. The highest BCUT2D eigenvalue weighted by Crippen LogP contribution is 2.56. The number of benzene rings is 9. The molecule has 0 spiro atoms. The third-order valence-electron chi connectivity index (χ3n) is 13.3. The second-order valence-corrected chi connectivity index (χ2v) is 17.0. The first-order valence-electron chi connectivity index (χ1n) is 21.2. The molecule has 0 unspecified atom stereocenters. The summed E-state index contributed by atoms with van der Waals surface area (Å²) in [7, 11) is 2.19. The van der Waals surface area contributed by atoms with Crippen molar-refractivity contribution in [1.29, 1.82) is 0 Å². The zero-order valence-electron chi connectivity index (χ0n) is 34.6. The van der Waals surface area contributed by atoms with E-state index in [-0.39, 0.29) is 5.41 Å². The van der Waals surface area contributed by atoms with Crippen molar-refractivity contribution in [3.8, 4) is 11.1 Å². The van der Waals surface area contributed by atoms with Crippen LogP contribution >= 0.6 is 0 Å². The van der Waals surface area contributed by atoms with E-state index in [1.165, 1.54) is 71.8 Å². The van der Waals surface area contributed by atoms with Gasteiger partial charge in [-0.15, -0.1) is 0 Å². The number of anilines is 6. The predicted molar refractivity (Wildman–Crippen MR) is 257 cm³/mol. The zero-order valence-corrected chi connectivity index (χ0v) is 34.6. The minimum atomic E-state index is -0.323. The summed E-state index contributed by atoms with van der Waals surface area (Å²) in [5.74, 6) is 0. The smallest absolute Gasteiger partial charge is 0.159 e. The van der Waals surface area contributed by atoms with E-state index in [2.05, 4.69) is 224 Å². The Morgan fingerprint density at radius 2 is 1.08 bits per heavy atom. The SMILES string of the molecule is Cc1ccccc1N(c1ccccc1)c1cc2c(c3ccccc13)-c1ccc(N(c3cccc4c3oc3ccccc34)c3cccc4c5ccccc5n(C)c34)cc1C2(C)C. The summed E-state index contributed by atoms with van der Waals surface area (Å²) in [5, 5.41) is 7.17. The van der Waals surface area contributed by atoms with Crippen molar-refractivity contribution < 1.29 is 4.42 Å². The number of para-hydroxylation sites is 6. The van der Waals surface area contributed by atoms with Gasteiger partial charge in [-0.25, -0.2) is 0 Å². The molecule has 4 heteroatoms. The van der Waals surface area contributed by atoms with Crippen molar-refractivity contribution in [3.05, 3.63) is 205 Å². The molecule has 1 aliphatic carbocycles. The number of nitrogens with zero attached hydrogens (tertiary/aromatic N) is 3. The first-order valence-corrected chi connectivity index (χ1v) is 21.2. The summed E-state index contributed by atoms with van der Waals surface area (Å²) in [5.41, 5.74) is 16.9. The standard InChI is InChI=1S/C57H43N3O/c1-36-18-8-13-27-48(36)59(37-19-6-5-7-20-37)52-35-47-54(42-24-10-9-21-39(42)52)45-33-32-38(34-46(45)57(47,2)3)60(51-30-17-26-44-41-23-12-15-31-53(41)61-56(44)51)50-29-16-25-43-40-22-11-14-28-49(40)58(4)55(43)50/h5-35H,1-4H3. The van der Waals surface area contributed by atoms with Gasteiger partial charge in [0.2, 0.25) is 0 Å². The molecule has 0 amide bonds. The molecule has 9 aromatic carbocycles. The van der Waals surface area contributed by atoms with Crippen molar-refractivity contribution in [3.63, 3.8) is 0 Å². The summed E-state index contributed by atoms with van der Waals surface area (Å²) < 4.78 is 9.15. The maximum absolute atomic E-state index is 6.80. The van der Waals surface area contributed by atoms with Gasteiger partial charge in [-0.3, -0.25) is 0 Å². The van der Waals surface area contributed by atoms with Crippen LogP contribution in [0, 0.1) is 6.92 Å². The van der Waals surface area contributed by atoms with Gasteiger partial charge in [-0.05, 0) is 101 Å². The zero-order chi connectivity index (χ0) is 41.0. The van der Waals surface area contributed by atoms with Crippen LogP contribution in [-0.2, 0) is 12.5 Å². The second-order valence-electron chi connectivity index (χ2n) is 17.0. The van der Waals surface area contributed by atoms with E-state index < -0.39 is 0 Å². The van der Waals surface area contributed by atoms with Crippen molar-refractivity contribution in [2.75, 3.05) is 9.80 Å². The van der Waals surface area contributed by atoms with Crippen molar-refractivity contribution >= 4 is 88.6 Å². The highest BCUT2D eigenvalue weighted by atomic mass is 16.3. The van der Waals surface area contributed by atoms with Gasteiger partial charge in [0.05, 0.1) is 22.6 Å². The van der Waals surface area contributed by atoms with Gasteiger partial charge >= 0.3 is 0 Å². The third-order valence-corrected chi connectivity index (χ3v) is 13.3. The summed E-state index contributed by atoms with van der Waals surface area (Å²) in [6, 6.07) is 68.4. The van der Waals surface area contributed by atoms with Gasteiger partial charge in [-0.1, -0.05) is 141 Å². The number of hydrogen-bond acceptors (Lipinski definition) is 3. The molecule has 292 valence electrons. The molecule has 1 aliphatic rings. The fourth-order valence-electron chi connectivity index (χ4n) is 10.4. The summed E-state index contributed by atoms with van der Waals surface area (Å²) in [6.45, 7) is 7.00. The quantitative estimate of drug-likeness (QED) is 0.168. The molecular formula is C57H43N3O. The average molecular weight is 786 g/mol. The maximum Gasteiger partial charge on any atom is 0.159 e. The largest absolute Gasteiger partial charge is 0.454 e. The maximum atomic E-state index is 6.80. The molecule has 11 aromatic rings. The number of aryl methyl sites for hydroxylation is 2. The lowest BCUT2D eigenvalue weighted by atomic mass is 9.81. The van der Waals surface area contributed by atoms with Crippen LogP contribution in [0.25, 0.3) is 65.6 Å². The fraction of sp³-hybridized carbons (Fsp3) is 0.0877. The Balaban J connectivity index is 1.11. The molecular weight excluding hydrogens is 743 g/mol. The molecule has 0 N–H and O–H groups in total. The number of hydrogen-bond donors (Lipinski definition) is 0. The van der Waals surface area contributed by atoms with Gasteiger partial charge in [0.15, 0.2) is 5.58 Å². The summed E-state index contributed by atoms with van der Waals surface area (Å²) >= 11 is 0. The van der Waals surface area contributed by atoms with Crippen molar-refractivity contribution in [2.24, 2.45) is 7.05 Å². The molecule has 0 bridgehead atoms. The minimum Gasteiger partial charge on any atom is -0.454 e. The molecule has 0 fully saturated rings. The predicted octanol–water partition coefficient (Wildman–Crippen LogP) is 15.9. The first kappa shape index (κ1) is 35.4. The number of fused-ring (bicyclic) bond motifs is 11. The highest BCUT2D eigenvalue weighted by molar-refractivity contribution is 6.16. The van der Waals surface area contributed by atoms with Gasteiger partial charge in [-0.2, -0.15) is 0 Å². The van der Waals surface area contributed by atoms with Crippen LogP contribution in [0.1, 0.15) is 30.5 Å². The fourth-order valence-corrected chi connectivity index (χ4v) is 10.4. The first-order chi connectivity index (χ1) is 29.9. The molecule has 12 rings (SSSR count). The van der Waals surface area contributed by atoms with Crippen LogP contribution in [0.3, 0.4) is 0 Å². The molecule has 0 aliphatic heterocycles. The van der Waals surface area contributed by atoms with Crippen molar-refractivity contribution in [1.82, 2.24) is 4.57 Å². The van der Waals surface area contributed by atoms with Crippen LogP contribution < -0.4 is 9.80 Å². The molecule has 4 nitrogen and oxygen atoms in total. The third kappa shape index (κ3) is 5.12. The monoisotopic (exact) mass is 785 g/mol. The summed E-state index contributed by atoms with van der Waals surface area (Å²) in [6.07, 6.45) is 0. The molecule has 61 heavy (non-hydrogen) atoms. The van der Waals surface area contributed by atoms with Crippen LogP contribution in [-0.4, -0.2) is 4.57 Å². The Morgan fingerprint density at radius 1 is 0.459 bits per heavy atom. The second kappa shape index (κ2) is 13.2. The summed E-state index contributed by atoms with van der Waals surface area (Å²) in [4.78, 5) is 4.88. The minimum absolute atomic E-state index is 0.323. The van der Waals surface area contributed by atoms with Gasteiger partial charge < -0.3 is 18.8 Å². The van der Waals surface area contributed by atoms with E-state index >= 15 is 0 Å². The molecule has 2 heterocycles. The topological polar surface area (TPSA) is 24.6 Å². The van der Waals surface area contributed by atoms with Crippen molar-refractivity contribution in [2.45, 2.75) is 26.2 Å². The van der Waals surface area contributed by atoms with E-state index in [4.69, 9.17) is 4.42 Å². The van der Waals surface area contributed by atoms with Crippen LogP contribution in [0.15, 0.2) is 192 Å². The molecule has 0 atom stereocenters. The Bertz CT molecular complexity index is 3550. The van der Waals surface area contributed by atoms with Gasteiger partial charge in [0.25, 0.3) is 0 Å².